The van der Waals surface area contributed by atoms with E-state index in [0.717, 1.165) is 36.2 Å². The molecular weight excluding hydrogens is 406 g/mol. The van der Waals surface area contributed by atoms with Crippen LogP contribution in [0.3, 0.4) is 0 Å². The van der Waals surface area contributed by atoms with Gasteiger partial charge in [-0.25, -0.2) is 13.2 Å². The molecule has 9 nitrogen and oxygen atoms in total. The lowest BCUT2D eigenvalue weighted by Crippen LogP contribution is -2.33. The Kier molecular flexibility index (Phi) is 5.68. The summed E-state index contributed by atoms with van der Waals surface area (Å²) in [5.74, 6) is 1.09. The zero-order valence-corrected chi connectivity index (χ0v) is 18.0. The maximum absolute atomic E-state index is 11.9. The smallest absolute Gasteiger partial charge is 0.407 e. The number of amides is 1. The molecule has 4 rings (SSSR count). The molecule has 3 N–H and O–H groups in total. The Balaban J connectivity index is 1.37. The van der Waals surface area contributed by atoms with Crippen LogP contribution in [-0.4, -0.2) is 47.6 Å². The Hall–Kier alpha value is -2.62. The van der Waals surface area contributed by atoms with Gasteiger partial charge in [0, 0.05) is 35.8 Å². The van der Waals surface area contributed by atoms with Crippen LogP contribution in [0.5, 0.6) is 0 Å². The van der Waals surface area contributed by atoms with Crippen molar-refractivity contribution in [3.05, 3.63) is 35.3 Å². The van der Waals surface area contributed by atoms with Gasteiger partial charge in [-0.1, -0.05) is 0 Å². The van der Waals surface area contributed by atoms with Crippen LogP contribution >= 0.6 is 0 Å². The highest BCUT2D eigenvalue weighted by atomic mass is 32.2. The zero-order valence-electron chi connectivity index (χ0n) is 17.1. The van der Waals surface area contributed by atoms with Gasteiger partial charge < -0.3 is 15.4 Å². The Morgan fingerprint density at radius 1 is 1.30 bits per heavy atom. The van der Waals surface area contributed by atoms with Crippen molar-refractivity contribution in [1.82, 2.24) is 20.5 Å². The summed E-state index contributed by atoms with van der Waals surface area (Å²) in [7, 11) is -3.04. The van der Waals surface area contributed by atoms with Crippen LogP contribution in [-0.2, 0) is 26.7 Å². The molecule has 0 spiro atoms. The number of rotatable bonds is 5. The number of aryl methyl sites for hydroxylation is 1. The number of hydrogen-bond donors (Lipinski definition) is 3. The van der Waals surface area contributed by atoms with Gasteiger partial charge in [0.1, 0.15) is 6.10 Å². The minimum Gasteiger partial charge on any atom is -0.446 e. The van der Waals surface area contributed by atoms with Crippen molar-refractivity contribution in [2.75, 3.05) is 11.1 Å². The Bertz CT molecular complexity index is 1030. The van der Waals surface area contributed by atoms with Crippen molar-refractivity contribution < 1.29 is 17.9 Å². The summed E-state index contributed by atoms with van der Waals surface area (Å²) >= 11 is 0. The molecule has 1 aliphatic carbocycles. The predicted molar refractivity (Wildman–Crippen MR) is 112 cm³/mol. The summed E-state index contributed by atoms with van der Waals surface area (Å²) < 4.78 is 29.2. The number of hydrogen-bond acceptors (Lipinski definition) is 7. The summed E-state index contributed by atoms with van der Waals surface area (Å²) in [6.45, 7) is 3.80. The summed E-state index contributed by atoms with van der Waals surface area (Å²) in [6, 6.07) is 3.83. The first-order valence-electron chi connectivity index (χ1n) is 10.2. The van der Waals surface area contributed by atoms with Gasteiger partial charge in [0.2, 0.25) is 0 Å². The van der Waals surface area contributed by atoms with Crippen molar-refractivity contribution in [2.24, 2.45) is 0 Å². The largest absolute Gasteiger partial charge is 0.446 e. The average molecular weight is 434 g/mol. The molecule has 2 atom stereocenters. The fraction of sp³-hybridized carbons (Fsp3) is 0.550. The highest BCUT2D eigenvalue weighted by Gasteiger charge is 2.30. The predicted octanol–water partition coefficient (Wildman–Crippen LogP) is 2.79. The van der Waals surface area contributed by atoms with Gasteiger partial charge in [-0.15, -0.1) is 0 Å². The summed E-state index contributed by atoms with van der Waals surface area (Å²) in [5.41, 5.74) is 3.29. The third kappa shape index (κ3) is 4.92. The van der Waals surface area contributed by atoms with Crippen LogP contribution in [0.25, 0.3) is 0 Å². The van der Waals surface area contributed by atoms with E-state index in [0.29, 0.717) is 17.9 Å². The van der Waals surface area contributed by atoms with Gasteiger partial charge in [0.15, 0.2) is 15.7 Å². The third-order valence-corrected chi connectivity index (χ3v) is 7.04. The van der Waals surface area contributed by atoms with E-state index in [2.05, 4.69) is 25.8 Å². The van der Waals surface area contributed by atoms with E-state index in [1.54, 1.807) is 6.20 Å². The number of nitrogens with zero attached hydrogens (tertiary/aromatic N) is 2. The topological polar surface area (TPSA) is 126 Å². The molecule has 3 heterocycles. The molecule has 2 aromatic heterocycles. The lowest BCUT2D eigenvalue weighted by molar-refractivity contribution is 0.0981. The molecule has 2 aromatic rings. The van der Waals surface area contributed by atoms with E-state index < -0.39 is 9.84 Å². The lowest BCUT2D eigenvalue weighted by Gasteiger charge is -2.16. The van der Waals surface area contributed by atoms with Crippen molar-refractivity contribution in [3.8, 4) is 0 Å². The number of H-pyrrole nitrogens is 1. The molecule has 30 heavy (non-hydrogen) atoms. The molecule has 1 fully saturated rings. The molecule has 0 unspecified atom stereocenters. The van der Waals surface area contributed by atoms with Gasteiger partial charge in [-0.05, 0) is 44.7 Å². The van der Waals surface area contributed by atoms with Crippen LogP contribution in [0, 0.1) is 0 Å². The normalized spacial score (nSPS) is 22.5. The van der Waals surface area contributed by atoms with Crippen LogP contribution in [0.15, 0.2) is 18.3 Å². The number of nitrogens with one attached hydrogen (secondary N) is 3. The Morgan fingerprint density at radius 2 is 2.13 bits per heavy atom. The number of carbonyl (C=O) groups is 1. The van der Waals surface area contributed by atoms with Crippen LogP contribution < -0.4 is 10.6 Å². The number of sulfone groups is 1. The van der Waals surface area contributed by atoms with Gasteiger partial charge in [0.05, 0.1) is 23.4 Å². The SMILES string of the molecule is CC(C)NC(=O)O[C@@H]1CC[C@H](c2cc(Nc3cnc4c(c3)CS(=O)(=O)CC4)n[nH]2)C1. The molecular formula is C20H27N5O4S. The molecule has 1 aliphatic heterocycles. The van der Waals surface area contributed by atoms with Crippen LogP contribution in [0.4, 0.5) is 16.3 Å². The first-order valence-corrected chi connectivity index (χ1v) is 12.1. The number of fused-ring (bicyclic) bond motifs is 1. The minimum atomic E-state index is -3.04. The second kappa shape index (κ2) is 8.25. The van der Waals surface area contributed by atoms with Crippen molar-refractivity contribution in [2.45, 2.75) is 63.3 Å². The van der Waals surface area contributed by atoms with Crippen molar-refractivity contribution >= 4 is 27.4 Å². The number of alkyl carbamates (subject to hydrolysis) is 1. The Morgan fingerprint density at radius 3 is 2.93 bits per heavy atom. The van der Waals surface area contributed by atoms with Gasteiger partial charge in [-0.2, -0.15) is 5.10 Å². The molecule has 1 saturated carbocycles. The number of aromatic nitrogens is 3. The second-order valence-corrected chi connectivity index (χ2v) is 10.5. The molecule has 162 valence electrons. The first-order chi connectivity index (χ1) is 14.3. The summed E-state index contributed by atoms with van der Waals surface area (Å²) in [4.78, 5) is 16.2. The molecule has 0 radical (unpaired) electrons. The number of ether oxygens (including phenoxy) is 1. The Labute approximate surface area is 175 Å². The highest BCUT2D eigenvalue weighted by molar-refractivity contribution is 7.90. The molecule has 1 amide bonds. The number of anilines is 2. The van der Waals surface area contributed by atoms with Crippen LogP contribution in [0.1, 0.15) is 56.0 Å². The van der Waals surface area contributed by atoms with Crippen molar-refractivity contribution in [1.29, 1.82) is 0 Å². The summed E-state index contributed by atoms with van der Waals surface area (Å²) in [5, 5.41) is 13.3. The van der Waals surface area contributed by atoms with Gasteiger partial charge >= 0.3 is 6.09 Å². The van der Waals surface area contributed by atoms with E-state index in [1.807, 2.05) is 26.0 Å². The lowest BCUT2D eigenvalue weighted by atomic mass is 10.0. The van der Waals surface area contributed by atoms with E-state index in [4.69, 9.17) is 4.74 Å². The van der Waals surface area contributed by atoms with Gasteiger partial charge in [-0.3, -0.25) is 10.1 Å². The summed E-state index contributed by atoms with van der Waals surface area (Å²) in [6.07, 6.45) is 4.19. The van der Waals surface area contributed by atoms with Gasteiger partial charge in [0.25, 0.3) is 0 Å². The monoisotopic (exact) mass is 433 g/mol. The molecule has 0 aromatic carbocycles. The average Bonchev–Trinajstić information content (AvgIpc) is 3.29. The molecule has 2 aliphatic rings. The molecule has 0 saturated heterocycles. The third-order valence-electron chi connectivity index (χ3n) is 5.46. The number of aromatic amines is 1. The fourth-order valence-electron chi connectivity index (χ4n) is 4.03. The zero-order chi connectivity index (χ0) is 21.3. The highest BCUT2D eigenvalue weighted by Crippen LogP contribution is 2.36. The second-order valence-electron chi connectivity index (χ2n) is 8.34. The van der Waals surface area contributed by atoms with E-state index in [1.165, 1.54) is 0 Å². The fourth-order valence-corrected chi connectivity index (χ4v) is 5.40. The van der Waals surface area contributed by atoms with Crippen molar-refractivity contribution in [3.63, 3.8) is 0 Å². The maximum atomic E-state index is 11.9. The van der Waals surface area contributed by atoms with E-state index in [9.17, 15) is 13.2 Å². The molecule has 10 heteroatoms. The van der Waals surface area contributed by atoms with E-state index >= 15 is 0 Å². The van der Waals surface area contributed by atoms with E-state index in [-0.39, 0.29) is 35.7 Å². The number of pyridine rings is 1. The quantitative estimate of drug-likeness (QED) is 0.662. The standard InChI is InChI=1S/C20H27N5O4S/c1-12(2)22-20(26)29-16-4-3-13(8-16)18-9-19(25-24-18)23-15-7-14-11-30(27,28)6-5-17(14)21-10-15/h7,9-10,12-13,16H,3-6,8,11H2,1-2H3,(H,22,26)(H2,23,24,25)/t13-,16+/m0/s1. The molecule has 0 bridgehead atoms. The maximum Gasteiger partial charge on any atom is 0.407 e. The number of carbonyl (C=O) groups excluding carboxylic acids is 1. The first kappa shape index (κ1) is 20.6. The van der Waals surface area contributed by atoms with Crippen LogP contribution in [0.2, 0.25) is 0 Å². The minimum absolute atomic E-state index is 0.0323.